The highest BCUT2D eigenvalue weighted by Crippen LogP contribution is 2.24. The van der Waals surface area contributed by atoms with Crippen LogP contribution in [0.3, 0.4) is 0 Å². The van der Waals surface area contributed by atoms with Crippen molar-refractivity contribution < 1.29 is 14.3 Å². The van der Waals surface area contributed by atoms with Crippen molar-refractivity contribution in [2.75, 3.05) is 11.1 Å². The Morgan fingerprint density at radius 3 is 2.33 bits per heavy atom. The number of alkyl carbamates (subject to hydrolysis) is 1. The summed E-state index contributed by atoms with van der Waals surface area (Å²) in [4.78, 5) is 29.9. The molecule has 4 aromatic rings. The van der Waals surface area contributed by atoms with Crippen molar-refractivity contribution in [3.05, 3.63) is 114 Å². The number of hydrogen-bond donors (Lipinski definition) is 4. The Hall–Kier alpha value is -4.69. The van der Waals surface area contributed by atoms with Crippen LogP contribution < -0.4 is 22.1 Å². The molecule has 1 heterocycles. The maximum Gasteiger partial charge on any atom is 0.408 e. The molecule has 0 spiro atoms. The Balaban J connectivity index is 1.54. The van der Waals surface area contributed by atoms with Crippen LogP contribution in [0, 0.1) is 0 Å². The van der Waals surface area contributed by atoms with Gasteiger partial charge in [0.2, 0.25) is 0 Å². The summed E-state index contributed by atoms with van der Waals surface area (Å²) < 4.78 is 5.36. The predicted molar refractivity (Wildman–Crippen MR) is 140 cm³/mol. The number of carbonyl (C=O) groups excluding carboxylic acids is 2. The minimum absolute atomic E-state index is 0.0853. The van der Waals surface area contributed by atoms with Gasteiger partial charge in [-0.25, -0.2) is 9.78 Å². The summed E-state index contributed by atoms with van der Waals surface area (Å²) in [6, 6.07) is 26.4. The normalized spacial score (nSPS) is 11.4. The molecule has 0 aliphatic carbocycles. The van der Waals surface area contributed by atoms with E-state index < -0.39 is 18.0 Å². The largest absolute Gasteiger partial charge is 0.445 e. The molecule has 2 amide bonds. The summed E-state index contributed by atoms with van der Waals surface area (Å²) in [7, 11) is 0. The fraction of sp³-hybridized carbons (Fsp3) is 0.107. The first-order chi connectivity index (χ1) is 17.5. The second-order valence-electron chi connectivity index (χ2n) is 8.12. The van der Waals surface area contributed by atoms with Gasteiger partial charge in [-0.15, -0.1) is 0 Å². The third-order valence-corrected chi connectivity index (χ3v) is 5.53. The number of nitrogen functional groups attached to an aromatic ring is 1. The van der Waals surface area contributed by atoms with E-state index in [1.807, 2.05) is 60.7 Å². The number of benzene rings is 3. The molecule has 0 unspecified atom stereocenters. The smallest absolute Gasteiger partial charge is 0.408 e. The van der Waals surface area contributed by atoms with Gasteiger partial charge >= 0.3 is 6.09 Å². The zero-order valence-electron chi connectivity index (χ0n) is 19.6. The van der Waals surface area contributed by atoms with Gasteiger partial charge in [0, 0.05) is 18.4 Å². The van der Waals surface area contributed by atoms with Gasteiger partial charge in [-0.2, -0.15) is 0 Å². The Morgan fingerprint density at radius 1 is 0.861 bits per heavy atom. The summed E-state index contributed by atoms with van der Waals surface area (Å²) >= 11 is 0. The molecule has 4 rings (SSSR count). The number of anilines is 2. The minimum Gasteiger partial charge on any atom is -0.445 e. The molecule has 0 saturated carbocycles. The molecule has 36 heavy (non-hydrogen) atoms. The number of aromatic nitrogens is 1. The summed E-state index contributed by atoms with van der Waals surface area (Å²) in [5.74, 6) is -0.00175. The lowest BCUT2D eigenvalue weighted by Crippen LogP contribution is -2.37. The van der Waals surface area contributed by atoms with Crippen LogP contribution in [0.1, 0.15) is 22.7 Å². The second kappa shape index (κ2) is 11.6. The molecule has 1 aromatic heterocycles. The number of ether oxygens (including phenoxy) is 1. The number of nitrogens with two attached hydrogens (primary N) is 2. The van der Waals surface area contributed by atoms with Gasteiger partial charge in [0.05, 0.1) is 0 Å². The zero-order valence-corrected chi connectivity index (χ0v) is 19.6. The first kappa shape index (κ1) is 24.4. The molecule has 182 valence electrons. The summed E-state index contributed by atoms with van der Waals surface area (Å²) in [5, 5.41) is 5.55. The van der Waals surface area contributed by atoms with E-state index in [1.165, 1.54) is 0 Å². The Bertz CT molecular complexity index is 1330. The molecule has 0 fully saturated rings. The van der Waals surface area contributed by atoms with E-state index in [0.717, 1.165) is 22.3 Å². The van der Waals surface area contributed by atoms with Crippen molar-refractivity contribution in [3.8, 4) is 11.1 Å². The van der Waals surface area contributed by atoms with Crippen molar-refractivity contribution in [1.82, 2.24) is 10.3 Å². The van der Waals surface area contributed by atoms with E-state index in [2.05, 4.69) is 15.6 Å². The fourth-order valence-corrected chi connectivity index (χ4v) is 3.67. The van der Waals surface area contributed by atoms with Crippen LogP contribution >= 0.6 is 0 Å². The highest BCUT2D eigenvalue weighted by molar-refractivity contribution is 5.97. The third-order valence-electron chi connectivity index (χ3n) is 5.53. The van der Waals surface area contributed by atoms with Gasteiger partial charge in [-0.1, -0.05) is 66.7 Å². The third kappa shape index (κ3) is 6.46. The van der Waals surface area contributed by atoms with E-state index in [9.17, 15) is 9.59 Å². The average Bonchev–Trinajstić information content (AvgIpc) is 2.91. The molecule has 1 atom stereocenters. The number of amides is 2. The number of rotatable bonds is 8. The average molecular weight is 482 g/mol. The summed E-state index contributed by atoms with van der Waals surface area (Å²) in [6.07, 6.45) is 0.926. The van der Waals surface area contributed by atoms with E-state index >= 15 is 0 Å². The standard InChI is InChI=1S/C28H27N5O3/c29-17-20-7-4-8-24(15-20)32-27(34)26(33-28(35)36-18-19-5-2-1-3-6-19)22-11-9-21(10-12-22)23-13-14-31-25(30)16-23/h1-16,26H,17-18,29H2,(H2,30,31)(H,32,34)(H,33,35)/t26-/m0/s1. The number of nitrogens with one attached hydrogen (secondary N) is 2. The molecule has 0 saturated heterocycles. The van der Waals surface area contributed by atoms with E-state index in [4.69, 9.17) is 16.2 Å². The molecule has 0 radical (unpaired) electrons. The molecule has 8 nitrogen and oxygen atoms in total. The van der Waals surface area contributed by atoms with Crippen LogP contribution in [-0.2, 0) is 22.7 Å². The van der Waals surface area contributed by atoms with Gasteiger partial charge in [0.1, 0.15) is 18.5 Å². The number of hydrogen-bond acceptors (Lipinski definition) is 6. The van der Waals surface area contributed by atoms with Gasteiger partial charge < -0.3 is 26.8 Å². The quantitative estimate of drug-likeness (QED) is 0.295. The van der Waals surface area contributed by atoms with Gasteiger partial charge in [-0.3, -0.25) is 4.79 Å². The first-order valence-electron chi connectivity index (χ1n) is 11.4. The summed E-state index contributed by atoms with van der Waals surface area (Å²) in [6.45, 7) is 0.431. The minimum atomic E-state index is -0.994. The maximum atomic E-state index is 13.3. The molecule has 6 N–H and O–H groups in total. The lowest BCUT2D eigenvalue weighted by Gasteiger charge is -2.19. The zero-order chi connectivity index (χ0) is 25.3. The highest BCUT2D eigenvalue weighted by Gasteiger charge is 2.24. The molecular formula is C28H27N5O3. The topological polar surface area (TPSA) is 132 Å². The Kier molecular flexibility index (Phi) is 7.90. The molecule has 0 bridgehead atoms. The molecule has 0 aliphatic heterocycles. The van der Waals surface area contributed by atoms with E-state index in [0.29, 0.717) is 23.6 Å². The maximum absolute atomic E-state index is 13.3. The highest BCUT2D eigenvalue weighted by atomic mass is 16.5. The lowest BCUT2D eigenvalue weighted by molar-refractivity contribution is -0.118. The monoisotopic (exact) mass is 481 g/mol. The van der Waals surface area contributed by atoms with E-state index in [-0.39, 0.29) is 6.61 Å². The van der Waals surface area contributed by atoms with Crippen molar-refractivity contribution in [2.24, 2.45) is 5.73 Å². The van der Waals surface area contributed by atoms with Crippen molar-refractivity contribution >= 4 is 23.5 Å². The van der Waals surface area contributed by atoms with Crippen LogP contribution in [0.2, 0.25) is 0 Å². The van der Waals surface area contributed by atoms with E-state index in [1.54, 1.807) is 36.5 Å². The van der Waals surface area contributed by atoms with Gasteiger partial charge in [-0.05, 0) is 52.1 Å². The van der Waals surface area contributed by atoms with Gasteiger partial charge in [0.25, 0.3) is 5.91 Å². The Labute approximate surface area is 209 Å². The molecule has 0 aliphatic rings. The molecule has 8 heteroatoms. The van der Waals surface area contributed by atoms with Crippen LogP contribution in [-0.4, -0.2) is 17.0 Å². The number of nitrogens with zero attached hydrogens (tertiary/aromatic N) is 1. The van der Waals surface area contributed by atoms with Crippen LogP contribution in [0.15, 0.2) is 97.2 Å². The van der Waals surface area contributed by atoms with Crippen molar-refractivity contribution in [2.45, 2.75) is 19.2 Å². The van der Waals surface area contributed by atoms with Crippen LogP contribution in [0.4, 0.5) is 16.3 Å². The fourth-order valence-electron chi connectivity index (χ4n) is 3.67. The molecule has 3 aromatic carbocycles. The molecular weight excluding hydrogens is 454 g/mol. The lowest BCUT2D eigenvalue weighted by atomic mass is 10.0. The summed E-state index contributed by atoms with van der Waals surface area (Å²) in [5.41, 5.74) is 16.2. The SMILES string of the molecule is NCc1cccc(NC(=O)[C@@H](NC(=O)OCc2ccccc2)c2ccc(-c3ccnc(N)c3)cc2)c1. The number of pyridine rings is 1. The van der Waals surface area contributed by atoms with Crippen LogP contribution in [0.25, 0.3) is 11.1 Å². The van der Waals surface area contributed by atoms with Crippen molar-refractivity contribution in [3.63, 3.8) is 0 Å². The Morgan fingerprint density at radius 2 is 1.61 bits per heavy atom. The number of carbonyl (C=O) groups is 2. The van der Waals surface area contributed by atoms with Crippen LogP contribution in [0.5, 0.6) is 0 Å². The van der Waals surface area contributed by atoms with Crippen molar-refractivity contribution in [1.29, 1.82) is 0 Å². The predicted octanol–water partition coefficient (Wildman–Crippen LogP) is 4.40. The first-order valence-corrected chi connectivity index (χ1v) is 11.4. The second-order valence-corrected chi connectivity index (χ2v) is 8.12. The van der Waals surface area contributed by atoms with Gasteiger partial charge in [0.15, 0.2) is 0 Å².